The molecule has 1 aromatic heterocycles. The fraction of sp³-hybridized carbons (Fsp3) is 0.500. The third-order valence-electron chi connectivity index (χ3n) is 10.9. The van der Waals surface area contributed by atoms with E-state index in [2.05, 4.69) is 51.1 Å². The average molecular weight is 862 g/mol. The molecule has 3 aliphatic heterocycles. The quantitative estimate of drug-likeness (QED) is 0.174. The average Bonchev–Trinajstić information content (AvgIpc) is 3.25. The summed E-state index contributed by atoms with van der Waals surface area (Å²) in [5.41, 5.74) is 4.15. The van der Waals surface area contributed by atoms with Crippen LogP contribution in [-0.2, 0) is 14.2 Å². The fourth-order valence-corrected chi connectivity index (χ4v) is 7.65. The van der Waals surface area contributed by atoms with Gasteiger partial charge in [0, 0.05) is 112 Å². The van der Waals surface area contributed by atoms with Gasteiger partial charge in [-0.3, -0.25) is 0 Å². The van der Waals surface area contributed by atoms with Crippen LogP contribution in [0.5, 0.6) is 0 Å². The lowest BCUT2D eigenvalue weighted by Gasteiger charge is -2.36. The van der Waals surface area contributed by atoms with E-state index in [0.29, 0.717) is 96.0 Å². The second-order valence-electron chi connectivity index (χ2n) is 19.3. The van der Waals surface area contributed by atoms with E-state index in [0.717, 1.165) is 33.8 Å². The van der Waals surface area contributed by atoms with Crippen LogP contribution in [-0.4, -0.2) is 143 Å². The van der Waals surface area contributed by atoms with Gasteiger partial charge in [-0.25, -0.2) is 29.3 Å². The second-order valence-corrected chi connectivity index (χ2v) is 19.3. The number of hydrogen-bond donors (Lipinski definition) is 0. The minimum atomic E-state index is -0.532. The maximum Gasteiger partial charge on any atom is 0.410 e. The Kier molecular flexibility index (Phi) is 13.1. The van der Waals surface area contributed by atoms with Crippen molar-refractivity contribution in [2.24, 2.45) is 0 Å². The highest BCUT2D eigenvalue weighted by atomic mass is 16.6. The van der Waals surface area contributed by atoms with Crippen molar-refractivity contribution in [3.63, 3.8) is 0 Å². The Balaban J connectivity index is 1.09. The van der Waals surface area contributed by atoms with Gasteiger partial charge in [-0.05, 0) is 135 Å². The first kappa shape index (κ1) is 44.9. The molecule has 0 aliphatic carbocycles. The van der Waals surface area contributed by atoms with Crippen LogP contribution in [0.25, 0.3) is 34.2 Å². The van der Waals surface area contributed by atoms with Gasteiger partial charge in [-0.15, -0.1) is 0 Å². The number of piperazine rings is 3. The first-order valence-electron chi connectivity index (χ1n) is 22.0. The van der Waals surface area contributed by atoms with E-state index < -0.39 is 16.8 Å². The smallest absolute Gasteiger partial charge is 0.410 e. The third-order valence-corrected chi connectivity index (χ3v) is 10.9. The summed E-state index contributed by atoms with van der Waals surface area (Å²) in [6.45, 7) is 24.6. The molecule has 63 heavy (non-hydrogen) atoms. The van der Waals surface area contributed by atoms with Crippen LogP contribution < -0.4 is 14.7 Å². The normalized spacial score (nSPS) is 16.5. The summed E-state index contributed by atoms with van der Waals surface area (Å²) in [6.07, 6.45) is -0.835. The Morgan fingerprint density at radius 3 is 0.762 bits per heavy atom. The van der Waals surface area contributed by atoms with Crippen LogP contribution in [0.2, 0.25) is 0 Å². The van der Waals surface area contributed by atoms with Gasteiger partial charge in [-0.1, -0.05) is 0 Å². The van der Waals surface area contributed by atoms with Crippen LogP contribution in [0.3, 0.4) is 0 Å². The van der Waals surface area contributed by atoms with E-state index in [9.17, 15) is 14.4 Å². The highest BCUT2D eigenvalue weighted by Gasteiger charge is 2.29. The lowest BCUT2D eigenvalue weighted by atomic mass is 10.1. The van der Waals surface area contributed by atoms with Crippen LogP contribution >= 0.6 is 0 Å². The summed E-state index contributed by atoms with van der Waals surface area (Å²) >= 11 is 0. The van der Waals surface area contributed by atoms with Crippen molar-refractivity contribution in [1.29, 1.82) is 0 Å². The van der Waals surface area contributed by atoms with Crippen molar-refractivity contribution in [1.82, 2.24) is 29.7 Å². The molecule has 3 aliphatic rings. The fourth-order valence-electron chi connectivity index (χ4n) is 7.65. The van der Waals surface area contributed by atoms with Crippen molar-refractivity contribution in [3.8, 4) is 34.2 Å². The maximum atomic E-state index is 12.7. The summed E-state index contributed by atoms with van der Waals surface area (Å²) < 4.78 is 16.8. The number of hydrogen-bond acceptors (Lipinski definition) is 12. The SMILES string of the molecule is CC(C)(C)OC(=O)N1CCN(c2ccc(-c3nc(-c4ccc(N5CCN(C(=O)OC(C)(C)C)CC5)cc4)nc(-c4ccc(N5CCN(C(=O)OC(C)(C)C)CC5)cc4)n3)cc2)CC1. The molecule has 15 heteroatoms. The van der Waals surface area contributed by atoms with Gasteiger partial charge in [0.2, 0.25) is 0 Å². The number of amides is 3. The Morgan fingerprint density at radius 2 is 0.571 bits per heavy atom. The van der Waals surface area contributed by atoms with Gasteiger partial charge in [-0.2, -0.15) is 0 Å². The molecule has 0 radical (unpaired) electrons. The molecule has 3 fully saturated rings. The van der Waals surface area contributed by atoms with Crippen LogP contribution in [0, 0.1) is 0 Å². The minimum absolute atomic E-state index is 0.278. The van der Waals surface area contributed by atoms with Crippen molar-refractivity contribution in [2.75, 3.05) is 93.2 Å². The molecule has 7 rings (SSSR count). The number of anilines is 3. The number of carbonyl (C=O) groups is 3. The largest absolute Gasteiger partial charge is 0.444 e. The summed E-state index contributed by atoms with van der Waals surface area (Å²) in [6, 6.07) is 24.7. The Hall–Kier alpha value is -6.12. The molecule has 336 valence electrons. The Morgan fingerprint density at radius 1 is 0.365 bits per heavy atom. The van der Waals surface area contributed by atoms with E-state index in [-0.39, 0.29) is 18.3 Å². The molecule has 0 atom stereocenters. The second kappa shape index (κ2) is 18.3. The molecule has 0 saturated carbocycles. The molecule has 0 spiro atoms. The number of benzene rings is 3. The predicted molar refractivity (Wildman–Crippen MR) is 246 cm³/mol. The zero-order valence-electron chi connectivity index (χ0n) is 38.4. The van der Waals surface area contributed by atoms with Gasteiger partial charge in [0.1, 0.15) is 16.8 Å². The molecule has 4 heterocycles. The number of ether oxygens (including phenoxy) is 3. The van der Waals surface area contributed by atoms with Crippen LogP contribution in [0.1, 0.15) is 62.3 Å². The van der Waals surface area contributed by atoms with E-state index >= 15 is 0 Å². The van der Waals surface area contributed by atoms with E-state index in [1.807, 2.05) is 98.7 Å². The Bertz CT molecular complexity index is 1940. The molecule has 3 saturated heterocycles. The van der Waals surface area contributed by atoms with Crippen molar-refractivity contribution < 1.29 is 28.6 Å². The monoisotopic (exact) mass is 861 g/mol. The van der Waals surface area contributed by atoms with E-state index in [1.165, 1.54) is 0 Å². The van der Waals surface area contributed by atoms with E-state index in [4.69, 9.17) is 29.2 Å². The number of aromatic nitrogens is 3. The molecule has 0 bridgehead atoms. The zero-order valence-corrected chi connectivity index (χ0v) is 38.4. The number of nitrogens with zero attached hydrogens (tertiary/aromatic N) is 9. The van der Waals surface area contributed by atoms with E-state index in [1.54, 1.807) is 14.7 Å². The van der Waals surface area contributed by atoms with Gasteiger partial charge in [0.05, 0.1) is 0 Å². The minimum Gasteiger partial charge on any atom is -0.444 e. The highest BCUT2D eigenvalue weighted by molar-refractivity contribution is 5.72. The molecular weight excluding hydrogens is 799 g/mol. The van der Waals surface area contributed by atoms with Crippen LogP contribution in [0.15, 0.2) is 72.8 Å². The zero-order chi connectivity index (χ0) is 45.1. The third kappa shape index (κ3) is 11.9. The van der Waals surface area contributed by atoms with Gasteiger partial charge >= 0.3 is 18.3 Å². The summed E-state index contributed by atoms with van der Waals surface area (Å²) in [4.78, 5) is 65.1. The first-order chi connectivity index (χ1) is 29.8. The molecule has 3 amide bonds. The number of rotatable bonds is 6. The molecular formula is C48H63N9O6. The van der Waals surface area contributed by atoms with Crippen molar-refractivity contribution in [2.45, 2.75) is 79.1 Å². The molecule has 3 aromatic carbocycles. The standard InChI is InChI=1S/C48H63N9O6/c1-46(2,3)61-43(58)55-28-22-52(23-29-55)37-16-10-34(11-17-37)40-49-41(35-12-18-38(19-13-35)53-24-30-56(31-25-53)44(59)62-47(4,5)6)51-42(50-40)36-14-20-39(21-15-36)54-26-32-57(33-27-54)45(60)63-48(7,8)9/h10-21H,22-33H2,1-9H3. The maximum absolute atomic E-state index is 12.7. The van der Waals surface area contributed by atoms with Crippen molar-refractivity contribution in [3.05, 3.63) is 72.8 Å². The summed E-state index contributed by atoms with van der Waals surface area (Å²) in [5, 5.41) is 0. The molecule has 0 unspecified atom stereocenters. The lowest BCUT2D eigenvalue weighted by Crippen LogP contribution is -2.50. The molecule has 4 aromatic rings. The predicted octanol–water partition coefficient (Wildman–Crippen LogP) is 8.04. The number of carbonyl (C=O) groups excluding carboxylic acids is 3. The van der Waals surface area contributed by atoms with Gasteiger partial charge in [0.15, 0.2) is 17.5 Å². The molecule has 0 N–H and O–H groups in total. The summed E-state index contributed by atoms with van der Waals surface area (Å²) in [5.74, 6) is 1.67. The van der Waals surface area contributed by atoms with Crippen LogP contribution in [0.4, 0.5) is 31.4 Å². The first-order valence-corrected chi connectivity index (χ1v) is 22.0. The van der Waals surface area contributed by atoms with Gasteiger partial charge in [0.25, 0.3) is 0 Å². The summed E-state index contributed by atoms with van der Waals surface area (Å²) in [7, 11) is 0. The van der Waals surface area contributed by atoms with Crippen molar-refractivity contribution >= 4 is 35.3 Å². The highest BCUT2D eigenvalue weighted by Crippen LogP contribution is 2.30. The molecule has 15 nitrogen and oxygen atoms in total. The van der Waals surface area contributed by atoms with Gasteiger partial charge < -0.3 is 43.6 Å². The topological polar surface area (TPSA) is 137 Å². The lowest BCUT2D eigenvalue weighted by molar-refractivity contribution is 0.0230. The Labute approximate surface area is 371 Å².